The molecule has 1 aromatic heterocycles. The van der Waals surface area contributed by atoms with Crippen LogP contribution in [0.25, 0.3) is 5.69 Å². The lowest BCUT2D eigenvalue weighted by molar-refractivity contribution is 0.0596. The standard InChI is InChI=1S/C11H9ClFN3O2/c1-18-11(17)9-10(14)16(5-15-9)8-3-2-6(12)4-7(8)13/h2-5H,14H2,1H3. The van der Waals surface area contributed by atoms with E-state index in [-0.39, 0.29) is 22.2 Å². The van der Waals surface area contributed by atoms with Crippen LogP contribution in [0.1, 0.15) is 10.5 Å². The van der Waals surface area contributed by atoms with Crippen LogP contribution >= 0.6 is 11.6 Å². The topological polar surface area (TPSA) is 70.1 Å². The van der Waals surface area contributed by atoms with E-state index in [1.807, 2.05) is 0 Å². The molecule has 0 saturated carbocycles. The molecule has 0 unspecified atom stereocenters. The molecule has 0 amide bonds. The Morgan fingerprint density at radius 1 is 1.56 bits per heavy atom. The Hall–Kier alpha value is -2.08. The van der Waals surface area contributed by atoms with Crippen LogP contribution in [-0.4, -0.2) is 22.6 Å². The Morgan fingerprint density at radius 3 is 2.89 bits per heavy atom. The predicted octanol–water partition coefficient (Wildman–Crippen LogP) is 2.03. The van der Waals surface area contributed by atoms with Crippen molar-refractivity contribution in [2.24, 2.45) is 0 Å². The summed E-state index contributed by atoms with van der Waals surface area (Å²) in [6.45, 7) is 0. The molecule has 0 bridgehead atoms. The molecule has 0 fully saturated rings. The van der Waals surface area contributed by atoms with Crippen molar-refractivity contribution in [1.29, 1.82) is 0 Å². The van der Waals surface area contributed by atoms with Gasteiger partial charge in [0.2, 0.25) is 0 Å². The Bertz CT molecular complexity index is 612. The molecule has 0 atom stereocenters. The number of rotatable bonds is 2. The molecule has 0 aliphatic carbocycles. The largest absolute Gasteiger partial charge is 0.464 e. The summed E-state index contributed by atoms with van der Waals surface area (Å²) in [6, 6.07) is 4.10. The number of carbonyl (C=O) groups is 1. The zero-order valence-electron chi connectivity index (χ0n) is 9.35. The summed E-state index contributed by atoms with van der Waals surface area (Å²) in [6.07, 6.45) is 1.24. The zero-order valence-corrected chi connectivity index (χ0v) is 10.1. The molecule has 0 spiro atoms. The number of nitrogen functional groups attached to an aromatic ring is 1. The van der Waals surface area contributed by atoms with Crippen molar-refractivity contribution in [2.45, 2.75) is 0 Å². The van der Waals surface area contributed by atoms with Crippen molar-refractivity contribution in [1.82, 2.24) is 9.55 Å². The lowest BCUT2D eigenvalue weighted by Crippen LogP contribution is -2.08. The Labute approximate surface area is 107 Å². The third kappa shape index (κ3) is 2.02. The van der Waals surface area contributed by atoms with Gasteiger partial charge in [0.1, 0.15) is 18.0 Å². The van der Waals surface area contributed by atoms with Gasteiger partial charge in [0.25, 0.3) is 0 Å². The minimum atomic E-state index is -0.680. The molecule has 2 rings (SSSR count). The minimum absolute atomic E-state index is 0.00284. The summed E-state index contributed by atoms with van der Waals surface area (Å²) in [7, 11) is 1.21. The second-order valence-corrected chi connectivity index (χ2v) is 3.87. The van der Waals surface area contributed by atoms with E-state index in [1.54, 1.807) is 0 Å². The van der Waals surface area contributed by atoms with Crippen molar-refractivity contribution < 1.29 is 13.9 Å². The second kappa shape index (κ2) is 4.66. The molecule has 2 aromatic rings. The first kappa shape index (κ1) is 12.4. The number of hydrogen-bond donors (Lipinski definition) is 1. The summed E-state index contributed by atoms with van der Waals surface area (Å²) >= 11 is 5.65. The number of nitrogens with zero attached hydrogens (tertiary/aromatic N) is 2. The normalized spacial score (nSPS) is 10.4. The van der Waals surface area contributed by atoms with Crippen molar-refractivity contribution in [3.63, 3.8) is 0 Å². The van der Waals surface area contributed by atoms with Gasteiger partial charge in [-0.3, -0.25) is 4.57 Å². The number of anilines is 1. The summed E-state index contributed by atoms with van der Waals surface area (Å²) < 4.78 is 19.5. The van der Waals surface area contributed by atoms with Crippen molar-refractivity contribution in [3.8, 4) is 5.69 Å². The van der Waals surface area contributed by atoms with Crippen molar-refractivity contribution in [2.75, 3.05) is 12.8 Å². The number of ether oxygens (including phenoxy) is 1. The third-order valence-corrected chi connectivity index (χ3v) is 2.59. The second-order valence-electron chi connectivity index (χ2n) is 3.44. The molecular formula is C11H9ClFN3O2. The van der Waals surface area contributed by atoms with Gasteiger partial charge in [0.15, 0.2) is 5.69 Å². The zero-order chi connectivity index (χ0) is 13.3. The minimum Gasteiger partial charge on any atom is -0.464 e. The molecule has 0 saturated heterocycles. The van der Waals surface area contributed by atoms with E-state index in [4.69, 9.17) is 17.3 Å². The monoisotopic (exact) mass is 269 g/mol. The van der Waals surface area contributed by atoms with Crippen molar-refractivity contribution in [3.05, 3.63) is 41.1 Å². The van der Waals surface area contributed by atoms with Crippen LogP contribution in [0.4, 0.5) is 10.2 Å². The van der Waals surface area contributed by atoms with Gasteiger partial charge in [0.05, 0.1) is 12.8 Å². The average molecular weight is 270 g/mol. The molecule has 1 heterocycles. The van der Waals surface area contributed by atoms with Gasteiger partial charge >= 0.3 is 5.97 Å². The van der Waals surface area contributed by atoms with Gasteiger partial charge in [0, 0.05) is 5.02 Å². The molecule has 18 heavy (non-hydrogen) atoms. The number of nitrogens with two attached hydrogens (primary N) is 1. The van der Waals surface area contributed by atoms with Crippen molar-refractivity contribution >= 4 is 23.4 Å². The summed E-state index contributed by atoms with van der Waals surface area (Å²) in [5.41, 5.74) is 5.81. The predicted molar refractivity (Wildman–Crippen MR) is 64.3 cm³/mol. The Morgan fingerprint density at radius 2 is 2.28 bits per heavy atom. The smallest absolute Gasteiger partial charge is 0.360 e. The maximum atomic E-state index is 13.7. The first-order valence-electron chi connectivity index (χ1n) is 4.91. The van der Waals surface area contributed by atoms with Gasteiger partial charge in [-0.05, 0) is 18.2 Å². The maximum absolute atomic E-state index is 13.7. The molecule has 2 N–H and O–H groups in total. The SMILES string of the molecule is COC(=O)c1ncn(-c2ccc(Cl)cc2F)c1N. The first-order valence-corrected chi connectivity index (χ1v) is 5.29. The van der Waals surface area contributed by atoms with Gasteiger partial charge in [-0.25, -0.2) is 14.2 Å². The highest BCUT2D eigenvalue weighted by Gasteiger charge is 2.18. The molecule has 0 aliphatic rings. The Balaban J connectivity index is 2.52. The van der Waals surface area contributed by atoms with Crippen LogP contribution in [-0.2, 0) is 4.74 Å². The number of methoxy groups -OCH3 is 1. The fourth-order valence-corrected chi connectivity index (χ4v) is 1.64. The quantitative estimate of drug-likeness (QED) is 0.847. The highest BCUT2D eigenvalue weighted by Crippen LogP contribution is 2.22. The number of hydrogen-bond acceptors (Lipinski definition) is 4. The number of halogens is 2. The number of esters is 1. The Kier molecular flexibility index (Phi) is 3.20. The van der Waals surface area contributed by atoms with E-state index in [0.29, 0.717) is 0 Å². The molecular weight excluding hydrogens is 261 g/mol. The number of imidazole rings is 1. The fraction of sp³-hybridized carbons (Fsp3) is 0.0909. The van der Waals surface area contributed by atoms with Gasteiger partial charge in [-0.1, -0.05) is 11.6 Å². The average Bonchev–Trinajstić information content (AvgIpc) is 2.70. The lowest BCUT2D eigenvalue weighted by Gasteiger charge is -2.06. The summed E-state index contributed by atoms with van der Waals surface area (Å²) in [5, 5.41) is 0.267. The van der Waals surface area contributed by atoms with Crippen LogP contribution in [0, 0.1) is 5.82 Å². The molecule has 0 radical (unpaired) electrons. The lowest BCUT2D eigenvalue weighted by atomic mass is 10.3. The summed E-state index contributed by atoms with van der Waals surface area (Å²) in [4.78, 5) is 15.1. The molecule has 7 heteroatoms. The highest BCUT2D eigenvalue weighted by atomic mass is 35.5. The van der Waals surface area contributed by atoms with Crippen LogP contribution in [0.2, 0.25) is 5.02 Å². The van der Waals surface area contributed by atoms with Gasteiger partial charge < -0.3 is 10.5 Å². The van der Waals surface area contributed by atoms with Gasteiger partial charge in [-0.2, -0.15) is 0 Å². The van der Waals surface area contributed by atoms with E-state index in [9.17, 15) is 9.18 Å². The van der Waals surface area contributed by atoms with E-state index in [2.05, 4.69) is 9.72 Å². The van der Waals surface area contributed by atoms with Crippen LogP contribution in [0.3, 0.4) is 0 Å². The van der Waals surface area contributed by atoms with Gasteiger partial charge in [-0.15, -0.1) is 0 Å². The van der Waals surface area contributed by atoms with Crippen LogP contribution < -0.4 is 5.73 Å². The number of aromatic nitrogens is 2. The highest BCUT2D eigenvalue weighted by molar-refractivity contribution is 6.30. The number of carbonyl (C=O) groups excluding carboxylic acids is 1. The van der Waals surface area contributed by atoms with Crippen LogP contribution in [0.15, 0.2) is 24.5 Å². The molecule has 5 nitrogen and oxygen atoms in total. The van der Waals surface area contributed by atoms with Crippen LogP contribution in [0.5, 0.6) is 0 Å². The van der Waals surface area contributed by atoms with E-state index in [1.165, 1.54) is 30.1 Å². The third-order valence-electron chi connectivity index (χ3n) is 2.35. The maximum Gasteiger partial charge on any atom is 0.360 e. The van der Waals surface area contributed by atoms with E-state index < -0.39 is 11.8 Å². The van der Waals surface area contributed by atoms with E-state index in [0.717, 1.165) is 6.07 Å². The van der Waals surface area contributed by atoms with E-state index >= 15 is 0 Å². The first-order chi connectivity index (χ1) is 8.54. The molecule has 1 aromatic carbocycles. The number of benzene rings is 1. The molecule has 94 valence electrons. The molecule has 0 aliphatic heterocycles. The summed E-state index contributed by atoms with van der Waals surface area (Å²) in [5.74, 6) is -1.24. The fourth-order valence-electron chi connectivity index (χ4n) is 1.48.